The van der Waals surface area contributed by atoms with Gasteiger partial charge >= 0.3 is 0 Å². The summed E-state index contributed by atoms with van der Waals surface area (Å²) in [5.74, 6) is -1.77. The van der Waals surface area contributed by atoms with E-state index in [1.165, 1.54) is 19.1 Å². The van der Waals surface area contributed by atoms with Crippen LogP contribution in [-0.2, 0) is 6.42 Å². The van der Waals surface area contributed by atoms with Crippen LogP contribution in [0.3, 0.4) is 0 Å². The molecule has 3 aromatic carbocycles. The maximum atomic E-state index is 14.3. The van der Waals surface area contributed by atoms with Crippen LogP contribution in [0.15, 0.2) is 60.7 Å². The maximum absolute atomic E-state index is 14.3. The average Bonchev–Trinajstić information content (AvgIpc) is 3.31. The Morgan fingerprint density at radius 1 is 1.03 bits per heavy atom. The van der Waals surface area contributed by atoms with Crippen LogP contribution in [0.4, 0.5) is 14.5 Å². The van der Waals surface area contributed by atoms with Gasteiger partial charge in [-0.05, 0) is 79.5 Å². The van der Waals surface area contributed by atoms with Gasteiger partial charge in [-0.1, -0.05) is 24.3 Å². The Morgan fingerprint density at radius 3 is 2.29 bits per heavy atom. The summed E-state index contributed by atoms with van der Waals surface area (Å²) in [5, 5.41) is 14.0. The number of amides is 2. The van der Waals surface area contributed by atoms with Crippen LogP contribution in [-0.4, -0.2) is 40.8 Å². The van der Waals surface area contributed by atoms with Gasteiger partial charge in [0.2, 0.25) is 0 Å². The highest BCUT2D eigenvalue weighted by Gasteiger charge is 2.50. The summed E-state index contributed by atoms with van der Waals surface area (Å²) >= 11 is 0. The normalized spacial score (nSPS) is 20.3. The van der Waals surface area contributed by atoms with Gasteiger partial charge in [0, 0.05) is 36.3 Å². The van der Waals surface area contributed by atoms with Gasteiger partial charge in [-0.15, -0.1) is 0 Å². The van der Waals surface area contributed by atoms with E-state index >= 15 is 0 Å². The zero-order chi connectivity index (χ0) is 27.0. The third-order valence-corrected chi connectivity index (χ3v) is 7.75. The van der Waals surface area contributed by atoms with E-state index in [4.69, 9.17) is 0 Å². The third-order valence-electron chi connectivity index (χ3n) is 7.75. The fourth-order valence-electron chi connectivity index (χ4n) is 5.72. The van der Waals surface area contributed by atoms with E-state index in [2.05, 4.69) is 5.32 Å². The number of rotatable bonds is 6. The first-order chi connectivity index (χ1) is 18.1. The SMILES string of the molecule is Cc1c([N+](=O)[O-])ccc(F)c1C(=O)NC1CC2(CCN(C(=O)c3ccc(Cc4ccc(F)cc4)cc3)C2)C1. The van der Waals surface area contributed by atoms with Gasteiger partial charge in [0.05, 0.1) is 10.5 Å². The second-order valence-electron chi connectivity index (χ2n) is 10.4. The first-order valence-corrected chi connectivity index (χ1v) is 12.5. The highest BCUT2D eigenvalue weighted by molar-refractivity contribution is 5.97. The van der Waals surface area contributed by atoms with Gasteiger partial charge in [0.1, 0.15) is 11.6 Å². The number of halogens is 2. The minimum Gasteiger partial charge on any atom is -0.349 e. The predicted molar refractivity (Wildman–Crippen MR) is 137 cm³/mol. The van der Waals surface area contributed by atoms with Gasteiger partial charge in [0.25, 0.3) is 17.5 Å². The largest absolute Gasteiger partial charge is 0.349 e. The molecule has 1 aliphatic heterocycles. The van der Waals surface area contributed by atoms with Crippen LogP contribution in [0.1, 0.15) is 56.7 Å². The zero-order valence-corrected chi connectivity index (χ0v) is 20.9. The number of nitrogens with one attached hydrogen (secondary N) is 1. The molecule has 1 heterocycles. The standard InChI is InChI=1S/C29H27F2N3O4/c1-18-25(34(37)38)11-10-24(31)26(18)27(35)32-23-15-29(16-23)12-13-33(17-29)28(36)21-6-2-19(3-7-21)14-20-4-8-22(30)9-5-20/h2-11,23H,12-17H2,1H3,(H,32,35). The fourth-order valence-corrected chi connectivity index (χ4v) is 5.72. The number of nitro groups is 1. The van der Waals surface area contributed by atoms with Crippen LogP contribution in [0, 0.1) is 34.1 Å². The number of nitrogens with zero attached hydrogens (tertiary/aromatic N) is 2. The van der Waals surface area contributed by atoms with Crippen molar-refractivity contribution in [3.63, 3.8) is 0 Å². The second-order valence-corrected chi connectivity index (χ2v) is 10.4. The molecule has 196 valence electrons. The minimum absolute atomic E-state index is 0.00265. The van der Waals surface area contributed by atoms with E-state index in [9.17, 15) is 28.5 Å². The zero-order valence-electron chi connectivity index (χ0n) is 20.9. The Balaban J connectivity index is 1.16. The third kappa shape index (κ3) is 5.01. The van der Waals surface area contributed by atoms with Crippen LogP contribution >= 0.6 is 0 Å². The number of nitro benzene ring substituents is 1. The molecule has 7 nitrogen and oxygen atoms in total. The van der Waals surface area contributed by atoms with Crippen molar-refractivity contribution in [2.24, 2.45) is 5.41 Å². The molecule has 1 aliphatic carbocycles. The van der Waals surface area contributed by atoms with E-state index in [0.29, 0.717) is 37.9 Å². The van der Waals surface area contributed by atoms with E-state index < -0.39 is 16.6 Å². The molecular weight excluding hydrogens is 492 g/mol. The summed E-state index contributed by atoms with van der Waals surface area (Å²) in [6.07, 6.45) is 2.79. The molecule has 2 amide bonds. The van der Waals surface area contributed by atoms with Crippen molar-refractivity contribution >= 4 is 17.5 Å². The minimum atomic E-state index is -0.791. The number of hydrogen-bond donors (Lipinski definition) is 1. The average molecular weight is 520 g/mol. The highest BCUT2D eigenvalue weighted by Crippen LogP contribution is 2.48. The molecule has 2 fully saturated rings. The molecule has 0 radical (unpaired) electrons. The van der Waals surface area contributed by atoms with Crippen LogP contribution in [0.25, 0.3) is 0 Å². The quantitative estimate of drug-likeness (QED) is 0.358. The number of benzene rings is 3. The Morgan fingerprint density at radius 2 is 1.66 bits per heavy atom. The van der Waals surface area contributed by atoms with Gasteiger partial charge in [0.15, 0.2) is 0 Å². The van der Waals surface area contributed by atoms with Gasteiger partial charge in [-0.3, -0.25) is 19.7 Å². The van der Waals surface area contributed by atoms with Crippen LogP contribution < -0.4 is 5.32 Å². The van der Waals surface area contributed by atoms with Gasteiger partial charge in [-0.2, -0.15) is 0 Å². The summed E-state index contributed by atoms with van der Waals surface area (Å²) in [4.78, 5) is 38.2. The predicted octanol–water partition coefficient (Wildman–Crippen LogP) is 5.20. The molecule has 3 aromatic rings. The maximum Gasteiger partial charge on any atom is 0.273 e. The Hall–Kier alpha value is -4.14. The van der Waals surface area contributed by atoms with Crippen molar-refractivity contribution in [1.82, 2.24) is 10.2 Å². The molecule has 0 atom stereocenters. The van der Waals surface area contributed by atoms with Crippen LogP contribution in [0.5, 0.6) is 0 Å². The van der Waals surface area contributed by atoms with Crippen molar-refractivity contribution in [3.8, 4) is 0 Å². The highest BCUT2D eigenvalue weighted by atomic mass is 19.1. The summed E-state index contributed by atoms with van der Waals surface area (Å²) in [6.45, 7) is 2.57. The molecule has 1 spiro atoms. The topological polar surface area (TPSA) is 92.5 Å². The lowest BCUT2D eigenvalue weighted by Gasteiger charge is -2.45. The van der Waals surface area contributed by atoms with Crippen molar-refractivity contribution in [1.29, 1.82) is 0 Å². The lowest BCUT2D eigenvalue weighted by molar-refractivity contribution is -0.385. The molecule has 0 aromatic heterocycles. The molecule has 38 heavy (non-hydrogen) atoms. The fraction of sp³-hybridized carbons (Fsp3) is 0.310. The lowest BCUT2D eigenvalue weighted by atomic mass is 9.65. The van der Waals surface area contributed by atoms with Gasteiger partial charge < -0.3 is 10.2 Å². The summed E-state index contributed by atoms with van der Waals surface area (Å²) < 4.78 is 27.4. The lowest BCUT2D eigenvalue weighted by Crippen LogP contribution is -2.52. The molecule has 2 aliphatic rings. The molecule has 1 saturated carbocycles. The van der Waals surface area contributed by atoms with E-state index in [1.807, 2.05) is 29.2 Å². The number of likely N-dealkylation sites (tertiary alicyclic amines) is 1. The van der Waals surface area contributed by atoms with E-state index in [0.717, 1.165) is 29.7 Å². The van der Waals surface area contributed by atoms with Crippen molar-refractivity contribution in [2.75, 3.05) is 13.1 Å². The van der Waals surface area contributed by atoms with Crippen molar-refractivity contribution < 1.29 is 23.3 Å². The Bertz CT molecular complexity index is 1400. The van der Waals surface area contributed by atoms with Crippen molar-refractivity contribution in [2.45, 2.75) is 38.6 Å². The van der Waals surface area contributed by atoms with Crippen molar-refractivity contribution in [3.05, 3.63) is 110 Å². The van der Waals surface area contributed by atoms with Gasteiger partial charge in [-0.25, -0.2) is 8.78 Å². The molecule has 9 heteroatoms. The Labute approximate surface area is 218 Å². The summed E-state index contributed by atoms with van der Waals surface area (Å²) in [6, 6.07) is 15.6. The smallest absolute Gasteiger partial charge is 0.273 e. The van der Waals surface area contributed by atoms with E-state index in [1.54, 1.807) is 12.1 Å². The Kier molecular flexibility index (Phi) is 6.69. The molecular formula is C29H27F2N3O4. The number of carbonyl (C=O) groups is 2. The summed E-state index contributed by atoms with van der Waals surface area (Å²) in [5.41, 5.74) is 1.93. The molecule has 1 saturated heterocycles. The number of hydrogen-bond acceptors (Lipinski definition) is 4. The first-order valence-electron chi connectivity index (χ1n) is 12.5. The second kappa shape index (κ2) is 9.96. The van der Waals surface area contributed by atoms with Crippen LogP contribution in [0.2, 0.25) is 0 Å². The molecule has 0 unspecified atom stereocenters. The van der Waals surface area contributed by atoms with E-state index in [-0.39, 0.29) is 40.0 Å². The molecule has 0 bridgehead atoms. The molecule has 5 rings (SSSR count). The summed E-state index contributed by atoms with van der Waals surface area (Å²) in [7, 11) is 0. The monoisotopic (exact) mass is 519 g/mol. The number of carbonyl (C=O) groups excluding carboxylic acids is 2. The first kappa shape index (κ1) is 25.5. The molecule has 1 N–H and O–H groups in total.